The number of benzene rings is 1. The number of fused-ring (bicyclic) bond motifs is 1. The Morgan fingerprint density at radius 2 is 1.88 bits per heavy atom. The Morgan fingerprint density at radius 1 is 1.08 bits per heavy atom. The van der Waals surface area contributed by atoms with Gasteiger partial charge in [-0.15, -0.1) is 0 Å². The number of hydrogen-bond donors (Lipinski definition) is 1. The quantitative estimate of drug-likeness (QED) is 0.930. The van der Waals surface area contributed by atoms with Crippen molar-refractivity contribution in [3.05, 3.63) is 59.9 Å². The largest absolute Gasteiger partial charge is 0.489 e. The van der Waals surface area contributed by atoms with Crippen LogP contribution in [0.1, 0.15) is 36.6 Å². The molecular weight excluding hydrogens is 312 g/mol. The van der Waals surface area contributed by atoms with Gasteiger partial charge in [0.1, 0.15) is 11.9 Å². The van der Waals surface area contributed by atoms with Gasteiger partial charge in [0.25, 0.3) is 0 Å². The van der Waals surface area contributed by atoms with Crippen LogP contribution in [-0.4, -0.2) is 40.7 Å². The summed E-state index contributed by atoms with van der Waals surface area (Å²) < 4.78 is 6.18. The minimum Gasteiger partial charge on any atom is -0.489 e. The Labute approximate surface area is 149 Å². The highest BCUT2D eigenvalue weighted by Crippen LogP contribution is 2.31. The lowest BCUT2D eigenvalue weighted by molar-refractivity contribution is 0.0392. The summed E-state index contributed by atoms with van der Waals surface area (Å²) in [4.78, 5) is 6.79. The standard InChI is InChI=1S/C21H26N2O2/c24-21(19-6-3-4-12-22-19)17-10-13-23(14-11-17)15-18-9-8-16-5-1-2-7-20(16)25-18/h1-7,12,17-18,21,24H,8-11,13-15H2. The Kier molecular flexibility index (Phi) is 4.99. The molecule has 0 spiro atoms. The van der Waals surface area contributed by atoms with Crippen molar-refractivity contribution >= 4 is 0 Å². The molecule has 1 saturated heterocycles. The third kappa shape index (κ3) is 3.86. The van der Waals surface area contributed by atoms with Crippen molar-refractivity contribution in [3.63, 3.8) is 0 Å². The van der Waals surface area contributed by atoms with E-state index in [4.69, 9.17) is 4.74 Å². The van der Waals surface area contributed by atoms with Gasteiger partial charge in [0, 0.05) is 12.7 Å². The van der Waals surface area contributed by atoms with E-state index in [0.717, 1.165) is 56.8 Å². The fraction of sp³-hybridized carbons (Fsp3) is 0.476. The molecule has 4 rings (SSSR count). The lowest BCUT2D eigenvalue weighted by atomic mass is 9.89. The van der Waals surface area contributed by atoms with Gasteiger partial charge in [-0.3, -0.25) is 9.88 Å². The molecule has 2 aliphatic heterocycles. The Morgan fingerprint density at radius 3 is 2.68 bits per heavy atom. The smallest absolute Gasteiger partial charge is 0.122 e. The monoisotopic (exact) mass is 338 g/mol. The molecule has 1 aromatic heterocycles. The number of aromatic nitrogens is 1. The first kappa shape index (κ1) is 16.6. The number of nitrogens with zero attached hydrogens (tertiary/aromatic N) is 2. The molecule has 2 atom stereocenters. The molecule has 0 radical (unpaired) electrons. The average Bonchev–Trinajstić information content (AvgIpc) is 2.69. The Hall–Kier alpha value is -1.91. The Balaban J connectivity index is 1.28. The van der Waals surface area contributed by atoms with Crippen LogP contribution in [0.15, 0.2) is 48.7 Å². The van der Waals surface area contributed by atoms with Gasteiger partial charge in [-0.25, -0.2) is 0 Å². The van der Waals surface area contributed by atoms with Crippen molar-refractivity contribution in [2.24, 2.45) is 5.92 Å². The summed E-state index contributed by atoms with van der Waals surface area (Å²) in [6.07, 6.45) is 5.82. The van der Waals surface area contributed by atoms with Gasteiger partial charge in [0.15, 0.2) is 0 Å². The van der Waals surface area contributed by atoms with Crippen LogP contribution in [-0.2, 0) is 6.42 Å². The lowest BCUT2D eigenvalue weighted by Crippen LogP contribution is -2.42. The summed E-state index contributed by atoms with van der Waals surface area (Å²) >= 11 is 0. The first-order chi connectivity index (χ1) is 12.3. The Bertz CT molecular complexity index is 683. The maximum atomic E-state index is 10.6. The van der Waals surface area contributed by atoms with Crippen LogP contribution < -0.4 is 4.74 Å². The number of para-hydroxylation sites is 1. The lowest BCUT2D eigenvalue weighted by Gasteiger charge is -2.37. The average molecular weight is 338 g/mol. The molecule has 2 unspecified atom stereocenters. The first-order valence-corrected chi connectivity index (χ1v) is 9.35. The maximum absolute atomic E-state index is 10.6. The second-order valence-corrected chi connectivity index (χ2v) is 7.22. The number of aliphatic hydroxyl groups excluding tert-OH is 1. The van der Waals surface area contributed by atoms with E-state index in [2.05, 4.69) is 28.1 Å². The van der Waals surface area contributed by atoms with Crippen molar-refractivity contribution in [2.75, 3.05) is 19.6 Å². The predicted molar refractivity (Wildman–Crippen MR) is 97.5 cm³/mol. The molecule has 1 fully saturated rings. The topological polar surface area (TPSA) is 45.6 Å². The van der Waals surface area contributed by atoms with Gasteiger partial charge in [0.05, 0.1) is 11.8 Å². The van der Waals surface area contributed by atoms with E-state index in [0.29, 0.717) is 5.92 Å². The fourth-order valence-electron chi connectivity index (χ4n) is 4.04. The number of piperidine rings is 1. The summed E-state index contributed by atoms with van der Waals surface area (Å²) in [6.45, 7) is 3.03. The molecule has 0 amide bonds. The third-order valence-corrected chi connectivity index (χ3v) is 5.53. The van der Waals surface area contributed by atoms with Gasteiger partial charge in [0.2, 0.25) is 0 Å². The number of likely N-dealkylation sites (tertiary alicyclic amines) is 1. The molecule has 3 heterocycles. The first-order valence-electron chi connectivity index (χ1n) is 9.35. The van der Waals surface area contributed by atoms with Crippen LogP contribution in [0.4, 0.5) is 0 Å². The van der Waals surface area contributed by atoms with E-state index in [1.54, 1.807) is 6.20 Å². The molecule has 4 heteroatoms. The van der Waals surface area contributed by atoms with E-state index in [-0.39, 0.29) is 6.10 Å². The number of hydrogen-bond acceptors (Lipinski definition) is 4. The van der Waals surface area contributed by atoms with Crippen LogP contribution in [0.2, 0.25) is 0 Å². The molecule has 25 heavy (non-hydrogen) atoms. The van der Waals surface area contributed by atoms with Crippen LogP contribution in [0.5, 0.6) is 5.75 Å². The minimum atomic E-state index is -0.443. The second-order valence-electron chi connectivity index (χ2n) is 7.22. The number of ether oxygens (including phenoxy) is 1. The van der Waals surface area contributed by atoms with Crippen molar-refractivity contribution in [2.45, 2.75) is 37.9 Å². The van der Waals surface area contributed by atoms with Gasteiger partial charge in [-0.05, 0) is 68.5 Å². The maximum Gasteiger partial charge on any atom is 0.122 e. The molecule has 0 saturated carbocycles. The number of pyridine rings is 1. The van der Waals surface area contributed by atoms with Gasteiger partial charge in [-0.1, -0.05) is 24.3 Å². The number of aryl methyl sites for hydroxylation is 1. The van der Waals surface area contributed by atoms with E-state index < -0.39 is 6.10 Å². The highest BCUT2D eigenvalue weighted by Gasteiger charge is 2.29. The van der Waals surface area contributed by atoms with E-state index in [1.165, 1.54) is 5.56 Å². The van der Waals surface area contributed by atoms with Crippen molar-refractivity contribution in [1.29, 1.82) is 0 Å². The molecule has 2 aliphatic rings. The molecule has 4 nitrogen and oxygen atoms in total. The number of aliphatic hydroxyl groups is 1. The van der Waals surface area contributed by atoms with E-state index in [1.807, 2.05) is 24.3 Å². The number of rotatable bonds is 4. The fourth-order valence-corrected chi connectivity index (χ4v) is 4.04. The molecule has 132 valence electrons. The summed E-state index contributed by atoms with van der Waals surface area (Å²) in [6, 6.07) is 14.1. The van der Waals surface area contributed by atoms with E-state index in [9.17, 15) is 5.11 Å². The molecule has 1 N–H and O–H groups in total. The van der Waals surface area contributed by atoms with Crippen LogP contribution in [0.3, 0.4) is 0 Å². The van der Waals surface area contributed by atoms with Crippen molar-refractivity contribution < 1.29 is 9.84 Å². The zero-order valence-electron chi connectivity index (χ0n) is 14.6. The third-order valence-electron chi connectivity index (χ3n) is 5.53. The molecule has 0 bridgehead atoms. The summed E-state index contributed by atoms with van der Waals surface area (Å²) in [5, 5.41) is 10.6. The summed E-state index contributed by atoms with van der Waals surface area (Å²) in [5.74, 6) is 1.36. The van der Waals surface area contributed by atoms with Crippen molar-refractivity contribution in [3.8, 4) is 5.75 Å². The molecule has 0 aliphatic carbocycles. The van der Waals surface area contributed by atoms with E-state index >= 15 is 0 Å². The predicted octanol–water partition coefficient (Wildman–Crippen LogP) is 3.22. The van der Waals surface area contributed by atoms with Crippen molar-refractivity contribution in [1.82, 2.24) is 9.88 Å². The second kappa shape index (κ2) is 7.54. The summed E-state index contributed by atoms with van der Waals surface area (Å²) in [7, 11) is 0. The van der Waals surface area contributed by atoms with Crippen LogP contribution >= 0.6 is 0 Å². The van der Waals surface area contributed by atoms with Gasteiger partial charge in [-0.2, -0.15) is 0 Å². The zero-order chi connectivity index (χ0) is 17.1. The highest BCUT2D eigenvalue weighted by molar-refractivity contribution is 5.35. The molecule has 1 aromatic carbocycles. The highest BCUT2D eigenvalue weighted by atomic mass is 16.5. The SMILES string of the molecule is OC(c1ccccn1)C1CCN(CC2CCc3ccccc3O2)CC1. The summed E-state index contributed by atoms with van der Waals surface area (Å²) in [5.41, 5.74) is 2.13. The minimum absolute atomic E-state index is 0.284. The molecular formula is C21H26N2O2. The van der Waals surface area contributed by atoms with Gasteiger partial charge < -0.3 is 9.84 Å². The molecule has 2 aromatic rings. The van der Waals surface area contributed by atoms with Gasteiger partial charge >= 0.3 is 0 Å². The van der Waals surface area contributed by atoms with Crippen LogP contribution in [0, 0.1) is 5.92 Å². The normalized spacial score (nSPS) is 22.8. The zero-order valence-corrected chi connectivity index (χ0v) is 14.6. The van der Waals surface area contributed by atoms with Crippen LogP contribution in [0.25, 0.3) is 0 Å².